The number of amides is 2. The molecule has 8 nitrogen and oxygen atoms in total. The summed E-state index contributed by atoms with van der Waals surface area (Å²) in [4.78, 5) is 43.6. The molecule has 0 saturated carbocycles. The highest BCUT2D eigenvalue weighted by Gasteiger charge is 2.48. The molecule has 0 radical (unpaired) electrons. The predicted octanol–water partition coefficient (Wildman–Crippen LogP) is 0.743. The van der Waals surface area contributed by atoms with E-state index in [1.807, 2.05) is 31.0 Å². The van der Waals surface area contributed by atoms with Gasteiger partial charge in [-0.05, 0) is 32.5 Å². The van der Waals surface area contributed by atoms with Crippen molar-refractivity contribution in [3.05, 3.63) is 48.3 Å². The molecule has 0 aliphatic carbocycles. The lowest BCUT2D eigenvalue weighted by Crippen LogP contribution is -2.64. The molecule has 1 atom stereocenters. The minimum Gasteiger partial charge on any atom is -0.335 e. The van der Waals surface area contributed by atoms with E-state index in [9.17, 15) is 9.59 Å². The number of hydrogen-bond acceptors (Lipinski definition) is 6. The molecule has 2 saturated heterocycles. The monoisotopic (exact) mass is 366 g/mol. The number of likely N-dealkylation sites (N-methyl/N-ethyl adjacent to an activating group) is 1. The lowest BCUT2D eigenvalue weighted by molar-refractivity contribution is -0.123. The molecule has 4 heterocycles. The summed E-state index contributed by atoms with van der Waals surface area (Å²) in [5, 5.41) is 0. The Bertz CT molecular complexity index is 856. The van der Waals surface area contributed by atoms with Crippen molar-refractivity contribution in [1.29, 1.82) is 0 Å². The number of aromatic nitrogens is 3. The average Bonchev–Trinajstić information content (AvgIpc) is 3.11. The van der Waals surface area contributed by atoms with Gasteiger partial charge in [-0.2, -0.15) is 0 Å². The van der Waals surface area contributed by atoms with Gasteiger partial charge in [-0.3, -0.25) is 24.5 Å². The van der Waals surface area contributed by atoms with Crippen molar-refractivity contribution in [2.24, 2.45) is 0 Å². The van der Waals surface area contributed by atoms with Crippen LogP contribution in [0.15, 0.2) is 36.9 Å². The van der Waals surface area contributed by atoms with Gasteiger partial charge in [0.25, 0.3) is 5.91 Å². The number of nitrogens with zero attached hydrogens (tertiary/aromatic N) is 6. The summed E-state index contributed by atoms with van der Waals surface area (Å²) in [5.41, 5.74) is 1.67. The highest BCUT2D eigenvalue weighted by atomic mass is 16.2. The first-order valence-corrected chi connectivity index (χ1v) is 8.98. The van der Waals surface area contributed by atoms with Crippen LogP contribution in [0.2, 0.25) is 0 Å². The number of aryl methyl sites for hydroxylation is 1. The van der Waals surface area contributed by atoms with Crippen LogP contribution < -0.4 is 4.90 Å². The summed E-state index contributed by atoms with van der Waals surface area (Å²) in [6.07, 6.45) is 7.33. The predicted molar refractivity (Wildman–Crippen MR) is 99.2 cm³/mol. The molecule has 0 unspecified atom stereocenters. The minimum absolute atomic E-state index is 0.0466. The van der Waals surface area contributed by atoms with Crippen molar-refractivity contribution in [3.8, 4) is 0 Å². The van der Waals surface area contributed by atoms with Crippen molar-refractivity contribution in [2.75, 3.05) is 38.1 Å². The molecule has 8 heteroatoms. The third kappa shape index (κ3) is 3.16. The van der Waals surface area contributed by atoms with E-state index in [1.165, 1.54) is 6.20 Å². The van der Waals surface area contributed by atoms with E-state index in [1.54, 1.807) is 23.5 Å². The van der Waals surface area contributed by atoms with Crippen molar-refractivity contribution in [3.63, 3.8) is 0 Å². The van der Waals surface area contributed by atoms with Crippen LogP contribution in [0.3, 0.4) is 0 Å². The van der Waals surface area contributed by atoms with E-state index in [0.717, 1.165) is 17.8 Å². The fourth-order valence-electron chi connectivity index (χ4n) is 3.84. The van der Waals surface area contributed by atoms with Gasteiger partial charge >= 0.3 is 0 Å². The van der Waals surface area contributed by atoms with E-state index < -0.39 is 0 Å². The molecular formula is C19H22N6O2. The van der Waals surface area contributed by atoms with Gasteiger partial charge in [-0.15, -0.1) is 0 Å². The van der Waals surface area contributed by atoms with Crippen LogP contribution in [0, 0.1) is 6.92 Å². The summed E-state index contributed by atoms with van der Waals surface area (Å²) in [6, 6.07) is 3.72. The van der Waals surface area contributed by atoms with Crippen LogP contribution in [0.25, 0.3) is 0 Å². The van der Waals surface area contributed by atoms with Gasteiger partial charge in [0.2, 0.25) is 5.91 Å². The maximum atomic E-state index is 12.8. The Kier molecular flexibility index (Phi) is 4.35. The summed E-state index contributed by atoms with van der Waals surface area (Å²) < 4.78 is 0. The number of pyridine rings is 1. The molecule has 0 aromatic carbocycles. The first-order valence-electron chi connectivity index (χ1n) is 8.98. The van der Waals surface area contributed by atoms with Gasteiger partial charge in [0.05, 0.1) is 35.9 Å². The van der Waals surface area contributed by atoms with E-state index >= 15 is 0 Å². The van der Waals surface area contributed by atoms with Gasteiger partial charge in [0.1, 0.15) is 5.69 Å². The minimum atomic E-state index is -0.266. The van der Waals surface area contributed by atoms with Crippen molar-refractivity contribution in [1.82, 2.24) is 24.8 Å². The fraction of sp³-hybridized carbons (Fsp3) is 0.421. The Morgan fingerprint density at radius 3 is 2.74 bits per heavy atom. The first-order chi connectivity index (χ1) is 13.0. The molecule has 27 heavy (non-hydrogen) atoms. The number of hydrogen-bond donors (Lipinski definition) is 0. The zero-order valence-electron chi connectivity index (χ0n) is 15.5. The molecule has 0 N–H and O–H groups in total. The molecule has 2 aliphatic rings. The Morgan fingerprint density at radius 2 is 2.04 bits per heavy atom. The topological polar surface area (TPSA) is 82.5 Å². The molecule has 140 valence electrons. The van der Waals surface area contributed by atoms with Crippen LogP contribution >= 0.6 is 0 Å². The molecule has 2 amide bonds. The number of likely N-dealkylation sites (tertiary alicyclic amines) is 1. The molecule has 1 spiro atoms. The van der Waals surface area contributed by atoms with Crippen molar-refractivity contribution in [2.45, 2.75) is 18.9 Å². The summed E-state index contributed by atoms with van der Waals surface area (Å²) in [7, 11) is 1.96. The summed E-state index contributed by atoms with van der Waals surface area (Å²) in [6.45, 7) is 3.89. The van der Waals surface area contributed by atoms with Crippen molar-refractivity contribution < 1.29 is 9.59 Å². The SMILES string of the molecule is Cc1cnc(C(=O)N2CC[C@]3(C2)CN(c2cccnc2)C(=O)CN3C)cn1. The molecule has 2 aromatic heterocycles. The third-order valence-corrected chi connectivity index (χ3v) is 5.51. The maximum Gasteiger partial charge on any atom is 0.274 e. The van der Waals surface area contributed by atoms with Gasteiger partial charge in [-0.25, -0.2) is 4.98 Å². The van der Waals surface area contributed by atoms with Gasteiger partial charge < -0.3 is 9.80 Å². The van der Waals surface area contributed by atoms with E-state index in [-0.39, 0.29) is 17.4 Å². The van der Waals surface area contributed by atoms with E-state index in [4.69, 9.17) is 0 Å². The molecule has 2 fully saturated rings. The Hall–Kier alpha value is -2.87. The number of piperazine rings is 1. The van der Waals surface area contributed by atoms with E-state index in [2.05, 4.69) is 19.9 Å². The maximum absolute atomic E-state index is 12.8. The van der Waals surface area contributed by atoms with Crippen LogP contribution in [-0.2, 0) is 4.79 Å². The number of carbonyl (C=O) groups is 2. The lowest BCUT2D eigenvalue weighted by Gasteiger charge is -2.46. The van der Waals surface area contributed by atoms with Gasteiger partial charge in [0, 0.05) is 32.0 Å². The summed E-state index contributed by atoms with van der Waals surface area (Å²) >= 11 is 0. The molecule has 0 bridgehead atoms. The van der Waals surface area contributed by atoms with Crippen LogP contribution in [0.1, 0.15) is 22.6 Å². The highest BCUT2D eigenvalue weighted by Crippen LogP contribution is 2.33. The largest absolute Gasteiger partial charge is 0.335 e. The third-order valence-electron chi connectivity index (χ3n) is 5.51. The number of carbonyl (C=O) groups excluding carboxylic acids is 2. The molecule has 2 aromatic rings. The Balaban J connectivity index is 1.55. The second kappa shape index (κ2) is 6.70. The lowest BCUT2D eigenvalue weighted by atomic mass is 9.92. The number of rotatable bonds is 2. The fourth-order valence-corrected chi connectivity index (χ4v) is 3.84. The Labute approximate surface area is 157 Å². The molecule has 4 rings (SSSR count). The number of anilines is 1. The standard InChI is InChI=1S/C19H22N6O2/c1-14-8-22-16(10-21-14)18(27)24-7-5-19(12-24)13-25(17(26)11-23(19)2)15-4-3-6-20-9-15/h3-4,6,8-10H,5,7,11-13H2,1-2H3/t19-/m0/s1. The Morgan fingerprint density at radius 1 is 1.19 bits per heavy atom. The molecule has 2 aliphatic heterocycles. The zero-order chi connectivity index (χ0) is 19.0. The van der Waals surface area contributed by atoms with Crippen LogP contribution in [-0.4, -0.2) is 75.3 Å². The van der Waals surface area contributed by atoms with Gasteiger partial charge in [-0.1, -0.05) is 0 Å². The zero-order valence-corrected chi connectivity index (χ0v) is 15.5. The van der Waals surface area contributed by atoms with Gasteiger partial charge in [0.15, 0.2) is 0 Å². The van der Waals surface area contributed by atoms with Crippen LogP contribution in [0.5, 0.6) is 0 Å². The average molecular weight is 366 g/mol. The normalized spacial score (nSPS) is 23.3. The first kappa shape index (κ1) is 17.5. The van der Waals surface area contributed by atoms with Crippen molar-refractivity contribution >= 4 is 17.5 Å². The van der Waals surface area contributed by atoms with E-state index in [0.29, 0.717) is 31.9 Å². The highest BCUT2D eigenvalue weighted by molar-refractivity contribution is 5.96. The molecular weight excluding hydrogens is 344 g/mol. The second-order valence-electron chi connectivity index (χ2n) is 7.29. The second-order valence-corrected chi connectivity index (χ2v) is 7.29. The smallest absolute Gasteiger partial charge is 0.274 e. The van der Waals surface area contributed by atoms with Crippen LogP contribution in [0.4, 0.5) is 5.69 Å². The summed E-state index contributed by atoms with van der Waals surface area (Å²) in [5.74, 6) is -0.0668. The quantitative estimate of drug-likeness (QED) is 0.780.